The third-order valence-corrected chi connectivity index (χ3v) is 7.50. The summed E-state index contributed by atoms with van der Waals surface area (Å²) < 4.78 is 5.68. The summed E-state index contributed by atoms with van der Waals surface area (Å²) in [4.78, 5) is 4.47. The van der Waals surface area contributed by atoms with Crippen LogP contribution in [0.5, 0.6) is 5.75 Å². The lowest BCUT2D eigenvalue weighted by molar-refractivity contribution is 0.281. The van der Waals surface area contributed by atoms with Gasteiger partial charge >= 0.3 is 0 Å². The van der Waals surface area contributed by atoms with Crippen LogP contribution >= 0.6 is 11.3 Å². The van der Waals surface area contributed by atoms with E-state index in [9.17, 15) is 0 Å². The Morgan fingerprint density at radius 2 is 2.00 bits per heavy atom. The molecule has 2 aromatic carbocycles. The molecule has 2 fully saturated rings. The molecule has 4 atom stereocenters. The topological polar surface area (TPSA) is 46.2 Å². The lowest BCUT2D eigenvalue weighted by Gasteiger charge is -2.30. The summed E-state index contributed by atoms with van der Waals surface area (Å²) in [6, 6.07) is 18.7. The summed E-state index contributed by atoms with van der Waals surface area (Å²) in [6.45, 7) is 0.793. The number of ether oxygens (including phenoxy) is 1. The van der Waals surface area contributed by atoms with Crippen molar-refractivity contribution in [3.05, 3.63) is 71.2 Å². The molecule has 0 radical (unpaired) electrons. The molecule has 1 saturated heterocycles. The largest absolute Gasteiger partial charge is 0.496 e. The van der Waals surface area contributed by atoms with Crippen molar-refractivity contribution in [1.82, 2.24) is 15.6 Å². The fourth-order valence-corrected chi connectivity index (χ4v) is 5.89. The van der Waals surface area contributed by atoms with Gasteiger partial charge in [-0.05, 0) is 42.5 Å². The van der Waals surface area contributed by atoms with E-state index >= 15 is 0 Å². The Balaban J connectivity index is 1.40. The molecule has 5 heteroatoms. The summed E-state index contributed by atoms with van der Waals surface area (Å²) in [7, 11) is 1.75. The van der Waals surface area contributed by atoms with Gasteiger partial charge in [0.05, 0.1) is 7.11 Å². The molecule has 0 amide bonds. The first-order valence-corrected chi connectivity index (χ1v) is 11.8. The minimum atomic E-state index is 0.354. The third-order valence-electron chi connectivity index (χ3n) is 6.68. The highest BCUT2D eigenvalue weighted by molar-refractivity contribution is 7.13. The lowest BCUT2D eigenvalue weighted by atomic mass is 9.81. The van der Waals surface area contributed by atoms with Crippen molar-refractivity contribution >= 4 is 11.3 Å². The standard InChI is InChI=1S/C25H29N3OS/c1-29-22-12-11-18(25-26-13-14-30-25)15-19(22)16-27-24-20-9-5-6-10-21(20)28-23(24)17-7-3-2-4-8-17/h2-4,7-8,11-15,20-21,23-24,27-28H,5-6,9-10,16H2,1H3. The summed E-state index contributed by atoms with van der Waals surface area (Å²) in [6.07, 6.45) is 7.13. The number of thiazole rings is 1. The molecule has 5 rings (SSSR count). The molecule has 2 aliphatic rings. The second-order valence-electron chi connectivity index (χ2n) is 8.38. The molecule has 4 unspecified atom stereocenters. The third kappa shape index (κ3) is 3.89. The molecule has 1 aromatic heterocycles. The molecule has 1 aliphatic heterocycles. The van der Waals surface area contributed by atoms with Gasteiger partial charge < -0.3 is 15.4 Å². The summed E-state index contributed by atoms with van der Waals surface area (Å²) in [5.74, 6) is 1.61. The van der Waals surface area contributed by atoms with Crippen LogP contribution < -0.4 is 15.4 Å². The van der Waals surface area contributed by atoms with Crippen LogP contribution in [0, 0.1) is 5.92 Å². The van der Waals surface area contributed by atoms with Crippen molar-refractivity contribution in [2.45, 2.75) is 50.4 Å². The van der Waals surface area contributed by atoms with Crippen molar-refractivity contribution < 1.29 is 4.74 Å². The van der Waals surface area contributed by atoms with Crippen LogP contribution in [-0.2, 0) is 6.54 Å². The van der Waals surface area contributed by atoms with E-state index in [1.807, 2.05) is 11.6 Å². The van der Waals surface area contributed by atoms with Gasteiger partial charge in [-0.2, -0.15) is 0 Å². The van der Waals surface area contributed by atoms with Crippen LogP contribution in [0.15, 0.2) is 60.1 Å². The van der Waals surface area contributed by atoms with Crippen LogP contribution in [0.3, 0.4) is 0 Å². The normalized spacial score (nSPS) is 25.8. The Bertz CT molecular complexity index is 960. The van der Waals surface area contributed by atoms with Gasteiger partial charge in [-0.1, -0.05) is 43.2 Å². The molecule has 3 aromatic rings. The molecule has 156 valence electrons. The van der Waals surface area contributed by atoms with E-state index in [0.717, 1.165) is 22.9 Å². The van der Waals surface area contributed by atoms with Crippen LogP contribution in [0.25, 0.3) is 10.6 Å². The zero-order chi connectivity index (χ0) is 20.3. The van der Waals surface area contributed by atoms with Gasteiger partial charge in [0, 0.05) is 47.4 Å². The van der Waals surface area contributed by atoms with Gasteiger partial charge in [0.15, 0.2) is 0 Å². The van der Waals surface area contributed by atoms with Gasteiger partial charge in [0.1, 0.15) is 10.8 Å². The van der Waals surface area contributed by atoms with E-state index in [1.54, 1.807) is 18.4 Å². The number of aromatic nitrogens is 1. The molecule has 0 bridgehead atoms. The number of nitrogens with one attached hydrogen (secondary N) is 2. The number of hydrogen-bond acceptors (Lipinski definition) is 5. The number of methoxy groups -OCH3 is 1. The van der Waals surface area contributed by atoms with E-state index in [4.69, 9.17) is 4.74 Å². The van der Waals surface area contributed by atoms with E-state index in [-0.39, 0.29) is 0 Å². The summed E-state index contributed by atoms with van der Waals surface area (Å²) in [5, 5.41) is 11.0. The lowest BCUT2D eigenvalue weighted by Crippen LogP contribution is -2.39. The van der Waals surface area contributed by atoms with Crippen molar-refractivity contribution in [1.29, 1.82) is 0 Å². The van der Waals surface area contributed by atoms with Gasteiger partial charge in [-0.3, -0.25) is 0 Å². The van der Waals surface area contributed by atoms with Crippen molar-refractivity contribution in [3.63, 3.8) is 0 Å². The maximum absolute atomic E-state index is 5.68. The predicted octanol–water partition coefficient (Wildman–Crippen LogP) is 5.18. The van der Waals surface area contributed by atoms with E-state index in [0.29, 0.717) is 24.0 Å². The number of benzene rings is 2. The van der Waals surface area contributed by atoms with Crippen molar-refractivity contribution in [2.75, 3.05) is 7.11 Å². The Labute approximate surface area is 182 Å². The molecule has 30 heavy (non-hydrogen) atoms. The minimum Gasteiger partial charge on any atom is -0.496 e. The Kier molecular flexibility index (Phi) is 5.84. The Morgan fingerprint density at radius 3 is 2.80 bits per heavy atom. The van der Waals surface area contributed by atoms with E-state index in [2.05, 4.69) is 64.1 Å². The second-order valence-corrected chi connectivity index (χ2v) is 9.27. The van der Waals surface area contributed by atoms with Gasteiger partial charge in [-0.15, -0.1) is 11.3 Å². The number of nitrogens with zero attached hydrogens (tertiary/aromatic N) is 1. The van der Waals surface area contributed by atoms with Gasteiger partial charge in [0.2, 0.25) is 0 Å². The molecule has 1 saturated carbocycles. The Morgan fingerprint density at radius 1 is 1.13 bits per heavy atom. The maximum Gasteiger partial charge on any atom is 0.123 e. The first kappa shape index (κ1) is 19.7. The fraction of sp³-hybridized carbons (Fsp3) is 0.400. The van der Waals surface area contributed by atoms with Crippen molar-refractivity contribution in [2.24, 2.45) is 5.92 Å². The van der Waals surface area contributed by atoms with E-state index < -0.39 is 0 Å². The summed E-state index contributed by atoms with van der Waals surface area (Å²) >= 11 is 1.67. The molecular weight excluding hydrogens is 390 g/mol. The zero-order valence-electron chi connectivity index (χ0n) is 17.4. The quantitative estimate of drug-likeness (QED) is 0.578. The molecule has 4 nitrogen and oxygen atoms in total. The van der Waals surface area contributed by atoms with Crippen molar-refractivity contribution in [3.8, 4) is 16.3 Å². The van der Waals surface area contributed by atoms with Crippen LogP contribution in [0.4, 0.5) is 0 Å². The Hall–Kier alpha value is -2.21. The summed E-state index contributed by atoms with van der Waals surface area (Å²) in [5.41, 5.74) is 3.73. The number of rotatable bonds is 6. The highest BCUT2D eigenvalue weighted by atomic mass is 32.1. The van der Waals surface area contributed by atoms with Crippen LogP contribution in [-0.4, -0.2) is 24.2 Å². The first-order chi connectivity index (χ1) is 14.8. The molecule has 1 aliphatic carbocycles. The smallest absolute Gasteiger partial charge is 0.123 e. The SMILES string of the molecule is COc1ccc(-c2nccs2)cc1CNC1C(c2ccccc2)NC2CCCCC21. The molecule has 2 N–H and O–H groups in total. The highest BCUT2D eigenvalue weighted by Gasteiger charge is 2.43. The average molecular weight is 420 g/mol. The monoisotopic (exact) mass is 419 g/mol. The average Bonchev–Trinajstić information content (AvgIpc) is 3.46. The first-order valence-electron chi connectivity index (χ1n) is 10.9. The predicted molar refractivity (Wildman–Crippen MR) is 123 cm³/mol. The highest BCUT2D eigenvalue weighted by Crippen LogP contribution is 2.40. The minimum absolute atomic E-state index is 0.354. The molecular formula is C25H29N3OS. The number of hydrogen-bond donors (Lipinski definition) is 2. The van der Waals surface area contributed by atoms with Gasteiger partial charge in [-0.25, -0.2) is 4.98 Å². The fourth-order valence-electron chi connectivity index (χ4n) is 5.25. The van der Waals surface area contributed by atoms with E-state index in [1.165, 1.54) is 36.8 Å². The molecule has 2 heterocycles. The van der Waals surface area contributed by atoms with Crippen LogP contribution in [0.2, 0.25) is 0 Å². The maximum atomic E-state index is 5.68. The number of fused-ring (bicyclic) bond motifs is 1. The van der Waals surface area contributed by atoms with Gasteiger partial charge in [0.25, 0.3) is 0 Å². The van der Waals surface area contributed by atoms with Crippen LogP contribution in [0.1, 0.15) is 42.9 Å². The molecule has 0 spiro atoms. The zero-order valence-corrected chi connectivity index (χ0v) is 18.2. The second kappa shape index (κ2) is 8.88.